The number of cyclic esters (lactones) is 1. The molecule has 0 amide bonds. The lowest BCUT2D eigenvalue weighted by atomic mass is 9.51. The number of rotatable bonds is 2. The van der Waals surface area contributed by atoms with Crippen LogP contribution in [0, 0.1) is 16.7 Å². The molecular weight excluding hydrogens is 492 g/mol. The van der Waals surface area contributed by atoms with E-state index in [1.807, 2.05) is 0 Å². The van der Waals surface area contributed by atoms with Gasteiger partial charge in [-0.2, -0.15) is 0 Å². The minimum atomic E-state index is -1.29. The predicted octanol–water partition coefficient (Wildman–Crippen LogP) is 2.66. The van der Waals surface area contributed by atoms with Crippen LogP contribution in [0.5, 0.6) is 0 Å². The molecule has 38 heavy (non-hydrogen) atoms. The quantitative estimate of drug-likeness (QED) is 0.326. The highest BCUT2D eigenvalue weighted by Crippen LogP contribution is 2.72. The molecule has 5 aliphatic rings. The van der Waals surface area contributed by atoms with E-state index in [0.717, 1.165) is 6.42 Å². The van der Waals surface area contributed by atoms with Crippen LogP contribution in [0.25, 0.3) is 0 Å². The maximum atomic E-state index is 13.1. The van der Waals surface area contributed by atoms with E-state index in [9.17, 15) is 14.7 Å². The average molecular weight is 533 g/mol. The first-order valence-corrected chi connectivity index (χ1v) is 13.6. The maximum Gasteiger partial charge on any atom is 0.335 e. The van der Waals surface area contributed by atoms with E-state index in [-0.39, 0.29) is 30.8 Å². The molecule has 9 nitrogen and oxygen atoms in total. The van der Waals surface area contributed by atoms with E-state index in [0.29, 0.717) is 39.1 Å². The summed E-state index contributed by atoms with van der Waals surface area (Å²) in [6.07, 6.45) is 8.50. The van der Waals surface area contributed by atoms with Crippen LogP contribution in [0.15, 0.2) is 36.0 Å². The fourth-order valence-electron chi connectivity index (χ4n) is 7.04. The summed E-state index contributed by atoms with van der Waals surface area (Å²) in [5.74, 6) is -1.49. The molecule has 9 heteroatoms. The second-order valence-corrected chi connectivity index (χ2v) is 11.7. The summed E-state index contributed by atoms with van der Waals surface area (Å²) in [5, 5.41) is 10.8. The van der Waals surface area contributed by atoms with Crippen LogP contribution in [-0.2, 0) is 38.0 Å². The summed E-state index contributed by atoms with van der Waals surface area (Å²) in [6, 6.07) is 0. The lowest BCUT2D eigenvalue weighted by molar-refractivity contribution is -0.234. The highest BCUT2D eigenvalue weighted by atomic mass is 16.6. The monoisotopic (exact) mass is 532 g/mol. The summed E-state index contributed by atoms with van der Waals surface area (Å²) in [7, 11) is 1.58. The standard InChI is InChI=1S/C29H40O9/c1-18-9-11-28-16-35-26(32)25(31)19(2)10-12-34-20(15-33-4)7-5-6-8-24(30)38-21-14-23(37-22(28)13-18)29(17-36-29)27(21,28)3/h5-8,13,19-23,25,31H,9-12,14-17H2,1-4H3/b7-5+,8-6-/t19?,20?,21-,22?,23-,25-,27-,28?,29?/m1/s1. The topological polar surface area (TPSA) is 113 Å². The molecule has 2 aliphatic carbocycles. The molecule has 5 rings (SSSR count). The number of hydrogen-bond acceptors (Lipinski definition) is 9. The summed E-state index contributed by atoms with van der Waals surface area (Å²) < 4.78 is 35.8. The van der Waals surface area contributed by atoms with Gasteiger partial charge in [-0.15, -0.1) is 0 Å². The Labute approximate surface area is 224 Å². The molecule has 0 aromatic rings. The first-order chi connectivity index (χ1) is 18.2. The van der Waals surface area contributed by atoms with Crippen LogP contribution in [0.3, 0.4) is 0 Å². The summed E-state index contributed by atoms with van der Waals surface area (Å²) >= 11 is 0. The van der Waals surface area contributed by atoms with Crippen molar-refractivity contribution in [3.63, 3.8) is 0 Å². The van der Waals surface area contributed by atoms with Gasteiger partial charge in [0.25, 0.3) is 0 Å². The molecule has 2 saturated heterocycles. The number of carbonyl (C=O) groups excluding carboxylic acids is 2. The highest BCUT2D eigenvalue weighted by molar-refractivity contribution is 5.82. The number of aliphatic hydroxyl groups excluding tert-OH is 1. The first-order valence-electron chi connectivity index (χ1n) is 13.6. The van der Waals surface area contributed by atoms with Crippen molar-refractivity contribution in [2.24, 2.45) is 16.7 Å². The second-order valence-electron chi connectivity index (χ2n) is 11.7. The molecule has 2 spiro atoms. The number of hydrogen-bond donors (Lipinski definition) is 1. The summed E-state index contributed by atoms with van der Waals surface area (Å²) in [4.78, 5) is 26.1. The van der Waals surface area contributed by atoms with Crippen LogP contribution in [0.2, 0.25) is 0 Å². The summed E-state index contributed by atoms with van der Waals surface area (Å²) in [6.45, 7) is 7.18. The van der Waals surface area contributed by atoms with Crippen molar-refractivity contribution in [2.45, 2.75) is 82.6 Å². The molecule has 3 aliphatic heterocycles. The van der Waals surface area contributed by atoms with Gasteiger partial charge in [0.15, 0.2) is 6.10 Å². The van der Waals surface area contributed by atoms with Crippen molar-refractivity contribution >= 4 is 11.9 Å². The number of methoxy groups -OCH3 is 1. The molecular formula is C29H40O9. The Morgan fingerprint density at radius 2 is 1.97 bits per heavy atom. The van der Waals surface area contributed by atoms with Crippen LogP contribution < -0.4 is 0 Å². The number of epoxide rings is 1. The Morgan fingerprint density at radius 1 is 1.18 bits per heavy atom. The van der Waals surface area contributed by atoms with E-state index in [4.69, 9.17) is 28.4 Å². The highest BCUT2D eigenvalue weighted by Gasteiger charge is 2.83. The van der Waals surface area contributed by atoms with Crippen molar-refractivity contribution in [2.75, 3.05) is 33.5 Å². The van der Waals surface area contributed by atoms with Crippen LogP contribution in [0.4, 0.5) is 0 Å². The molecule has 9 atom stereocenters. The van der Waals surface area contributed by atoms with Crippen LogP contribution >= 0.6 is 0 Å². The normalized spacial score (nSPS) is 47.1. The number of esters is 2. The van der Waals surface area contributed by atoms with E-state index in [2.05, 4.69) is 19.9 Å². The minimum absolute atomic E-state index is 0.0391. The number of ether oxygens (including phenoxy) is 6. The molecule has 3 heterocycles. The van der Waals surface area contributed by atoms with Gasteiger partial charge in [-0.3, -0.25) is 0 Å². The van der Waals surface area contributed by atoms with Crippen molar-refractivity contribution in [3.05, 3.63) is 36.0 Å². The maximum absolute atomic E-state index is 13.1. The number of aliphatic hydroxyl groups is 1. The van der Waals surface area contributed by atoms with Gasteiger partial charge in [0.2, 0.25) is 0 Å². The summed E-state index contributed by atoms with van der Waals surface area (Å²) in [5.41, 5.74) is -0.707. The Kier molecular flexibility index (Phi) is 7.61. The molecule has 2 bridgehead atoms. The zero-order valence-corrected chi connectivity index (χ0v) is 22.7. The lowest BCUT2D eigenvalue weighted by Crippen LogP contribution is -2.66. The van der Waals surface area contributed by atoms with Gasteiger partial charge in [0.05, 0.1) is 36.9 Å². The fourth-order valence-corrected chi connectivity index (χ4v) is 7.04. The van der Waals surface area contributed by atoms with E-state index in [1.54, 1.807) is 32.3 Å². The van der Waals surface area contributed by atoms with Gasteiger partial charge in [0.1, 0.15) is 18.3 Å². The molecule has 3 fully saturated rings. The van der Waals surface area contributed by atoms with Gasteiger partial charge >= 0.3 is 11.9 Å². The van der Waals surface area contributed by atoms with Crippen molar-refractivity contribution in [1.82, 2.24) is 0 Å². The van der Waals surface area contributed by atoms with E-state index in [1.165, 1.54) is 11.6 Å². The van der Waals surface area contributed by atoms with Gasteiger partial charge in [-0.05, 0) is 32.1 Å². The van der Waals surface area contributed by atoms with Crippen LogP contribution in [0.1, 0.15) is 46.5 Å². The van der Waals surface area contributed by atoms with E-state index < -0.39 is 40.6 Å². The van der Waals surface area contributed by atoms with Crippen LogP contribution in [-0.4, -0.2) is 86.7 Å². The zero-order chi connectivity index (χ0) is 27.1. The Bertz CT molecular complexity index is 1010. The fraction of sp³-hybridized carbons (Fsp3) is 0.724. The molecule has 0 radical (unpaired) electrons. The average Bonchev–Trinajstić information content (AvgIpc) is 3.67. The smallest absolute Gasteiger partial charge is 0.335 e. The minimum Gasteiger partial charge on any atom is -0.463 e. The second kappa shape index (κ2) is 10.5. The van der Waals surface area contributed by atoms with Gasteiger partial charge in [-0.1, -0.05) is 43.7 Å². The SMILES string of the molecule is COCC1/C=C/C=C\C(=O)O[C@@H]2C[C@H]3OC4C=C(C)CCC4(COC(=O)[C@H](O)C(C)CCO1)[C@]2(C)C31CO1. The van der Waals surface area contributed by atoms with Gasteiger partial charge in [0, 0.05) is 31.6 Å². The Balaban J connectivity index is 1.49. The molecule has 5 unspecified atom stereocenters. The first kappa shape index (κ1) is 27.5. The number of allylic oxidation sites excluding steroid dienone is 3. The Hall–Kier alpha value is -2.04. The predicted molar refractivity (Wildman–Crippen MR) is 136 cm³/mol. The van der Waals surface area contributed by atoms with Gasteiger partial charge < -0.3 is 33.5 Å². The number of carbonyl (C=O) groups is 2. The van der Waals surface area contributed by atoms with Crippen molar-refractivity contribution < 1.29 is 43.1 Å². The van der Waals surface area contributed by atoms with Gasteiger partial charge in [-0.25, -0.2) is 9.59 Å². The van der Waals surface area contributed by atoms with Crippen molar-refractivity contribution in [3.8, 4) is 0 Å². The third-order valence-corrected chi connectivity index (χ3v) is 9.63. The third-order valence-electron chi connectivity index (χ3n) is 9.63. The molecule has 0 aromatic carbocycles. The molecule has 210 valence electrons. The molecule has 1 N–H and O–H groups in total. The zero-order valence-electron chi connectivity index (χ0n) is 22.7. The third kappa shape index (κ3) is 4.46. The molecule has 0 aromatic heterocycles. The lowest BCUT2D eigenvalue weighted by Gasteiger charge is -2.58. The molecule has 1 saturated carbocycles. The Morgan fingerprint density at radius 3 is 2.71 bits per heavy atom. The van der Waals surface area contributed by atoms with E-state index >= 15 is 0 Å². The van der Waals surface area contributed by atoms with Crippen molar-refractivity contribution in [1.29, 1.82) is 0 Å². The largest absolute Gasteiger partial charge is 0.463 e.